The third-order valence-electron chi connectivity index (χ3n) is 2.83. The molecule has 6 heteroatoms. The topological polar surface area (TPSA) is 102 Å². The van der Waals surface area contributed by atoms with Gasteiger partial charge in [-0.25, -0.2) is 4.79 Å². The summed E-state index contributed by atoms with van der Waals surface area (Å²) >= 11 is 0. The van der Waals surface area contributed by atoms with Gasteiger partial charge in [-0.1, -0.05) is 12.1 Å². The van der Waals surface area contributed by atoms with Crippen molar-refractivity contribution < 1.29 is 19.4 Å². The molecule has 21 heavy (non-hydrogen) atoms. The number of benzene rings is 1. The Bertz CT molecular complexity index is 535. The summed E-state index contributed by atoms with van der Waals surface area (Å²) in [6.45, 7) is 7.11. The minimum Gasteiger partial charge on any atom is -0.481 e. The smallest absolute Gasteiger partial charge is 0.412 e. The number of carbonyl (C=O) groups excluding carboxylic acids is 1. The van der Waals surface area contributed by atoms with Crippen LogP contribution in [0.3, 0.4) is 0 Å². The fourth-order valence-corrected chi connectivity index (χ4v) is 1.78. The molecule has 1 rings (SSSR count). The van der Waals surface area contributed by atoms with Crippen molar-refractivity contribution in [3.63, 3.8) is 0 Å². The van der Waals surface area contributed by atoms with Crippen LogP contribution in [-0.2, 0) is 9.53 Å². The van der Waals surface area contributed by atoms with E-state index in [2.05, 4.69) is 5.32 Å². The van der Waals surface area contributed by atoms with Crippen LogP contribution in [0.5, 0.6) is 0 Å². The summed E-state index contributed by atoms with van der Waals surface area (Å²) in [6.07, 6.45) is -0.581. The van der Waals surface area contributed by atoms with Crippen molar-refractivity contribution in [2.24, 2.45) is 5.73 Å². The molecule has 4 N–H and O–H groups in total. The number of hydrogen-bond acceptors (Lipinski definition) is 4. The molecule has 1 unspecified atom stereocenters. The van der Waals surface area contributed by atoms with E-state index in [4.69, 9.17) is 15.6 Å². The molecule has 0 heterocycles. The van der Waals surface area contributed by atoms with Crippen LogP contribution in [0.2, 0.25) is 0 Å². The predicted molar refractivity (Wildman–Crippen MR) is 80.5 cm³/mol. The fourth-order valence-electron chi connectivity index (χ4n) is 1.78. The lowest BCUT2D eigenvalue weighted by atomic mass is 9.97. The SMILES string of the molecule is Cc1ccc(C(CN)C(=O)O)cc1NC(=O)OC(C)(C)C. The van der Waals surface area contributed by atoms with Gasteiger partial charge in [0, 0.05) is 12.2 Å². The van der Waals surface area contributed by atoms with Gasteiger partial charge in [-0.15, -0.1) is 0 Å². The molecule has 0 saturated heterocycles. The summed E-state index contributed by atoms with van der Waals surface area (Å²) in [5.41, 5.74) is 6.75. The molecule has 0 aromatic heterocycles. The largest absolute Gasteiger partial charge is 0.481 e. The van der Waals surface area contributed by atoms with Crippen molar-refractivity contribution in [2.45, 2.75) is 39.2 Å². The van der Waals surface area contributed by atoms with Gasteiger partial charge in [0.05, 0.1) is 5.92 Å². The van der Waals surface area contributed by atoms with Crippen molar-refractivity contribution in [2.75, 3.05) is 11.9 Å². The van der Waals surface area contributed by atoms with E-state index >= 15 is 0 Å². The molecule has 1 aromatic carbocycles. The molecule has 0 aliphatic rings. The predicted octanol–water partition coefficient (Wildman–Crippen LogP) is 2.47. The summed E-state index contributed by atoms with van der Waals surface area (Å²) in [6, 6.07) is 5.06. The molecular weight excluding hydrogens is 272 g/mol. The van der Waals surface area contributed by atoms with E-state index in [1.54, 1.807) is 39.0 Å². The second-order valence-corrected chi connectivity index (χ2v) is 5.83. The number of carbonyl (C=O) groups is 2. The van der Waals surface area contributed by atoms with Crippen LogP contribution in [0, 0.1) is 6.92 Å². The molecule has 0 fully saturated rings. The number of hydrogen-bond donors (Lipinski definition) is 3. The van der Waals surface area contributed by atoms with E-state index in [0.29, 0.717) is 11.3 Å². The van der Waals surface area contributed by atoms with E-state index in [0.717, 1.165) is 5.56 Å². The molecule has 6 nitrogen and oxygen atoms in total. The van der Waals surface area contributed by atoms with E-state index in [1.165, 1.54) is 0 Å². The first-order valence-corrected chi connectivity index (χ1v) is 6.67. The Hall–Kier alpha value is -2.08. The maximum Gasteiger partial charge on any atom is 0.412 e. The van der Waals surface area contributed by atoms with E-state index < -0.39 is 23.6 Å². The Morgan fingerprint density at radius 3 is 2.48 bits per heavy atom. The number of anilines is 1. The Morgan fingerprint density at radius 1 is 1.38 bits per heavy atom. The Balaban J connectivity index is 2.97. The van der Waals surface area contributed by atoms with Gasteiger partial charge in [0.25, 0.3) is 0 Å². The van der Waals surface area contributed by atoms with Crippen molar-refractivity contribution >= 4 is 17.7 Å². The molecular formula is C15H22N2O4. The summed E-state index contributed by atoms with van der Waals surface area (Å²) in [5.74, 6) is -1.80. The molecule has 116 valence electrons. The van der Waals surface area contributed by atoms with E-state index in [9.17, 15) is 9.59 Å². The minimum absolute atomic E-state index is 0.00965. The lowest BCUT2D eigenvalue weighted by molar-refractivity contribution is -0.138. The van der Waals surface area contributed by atoms with Crippen LogP contribution in [0.25, 0.3) is 0 Å². The Morgan fingerprint density at radius 2 is 2.00 bits per heavy atom. The van der Waals surface area contributed by atoms with Gasteiger partial charge in [-0.05, 0) is 44.9 Å². The number of aryl methyl sites for hydroxylation is 1. The van der Waals surface area contributed by atoms with Crippen molar-refractivity contribution in [3.05, 3.63) is 29.3 Å². The van der Waals surface area contributed by atoms with Crippen LogP contribution in [0.1, 0.15) is 37.8 Å². The number of carboxylic acids is 1. The van der Waals surface area contributed by atoms with Crippen molar-refractivity contribution in [1.82, 2.24) is 0 Å². The van der Waals surface area contributed by atoms with Crippen molar-refractivity contribution in [1.29, 1.82) is 0 Å². The highest BCUT2D eigenvalue weighted by Gasteiger charge is 2.20. The number of rotatable bonds is 4. The average molecular weight is 294 g/mol. The average Bonchev–Trinajstić information content (AvgIpc) is 2.31. The van der Waals surface area contributed by atoms with Gasteiger partial charge in [0.1, 0.15) is 5.60 Å². The molecule has 1 amide bonds. The molecule has 0 aliphatic carbocycles. The summed E-state index contributed by atoms with van der Waals surface area (Å²) in [5, 5.41) is 11.8. The zero-order valence-corrected chi connectivity index (χ0v) is 12.8. The number of ether oxygens (including phenoxy) is 1. The second kappa shape index (κ2) is 6.58. The molecule has 0 spiro atoms. The van der Waals surface area contributed by atoms with Crippen LogP contribution in [0.4, 0.5) is 10.5 Å². The van der Waals surface area contributed by atoms with Gasteiger partial charge < -0.3 is 15.6 Å². The van der Waals surface area contributed by atoms with Crippen LogP contribution >= 0.6 is 0 Å². The molecule has 0 radical (unpaired) electrons. The zero-order chi connectivity index (χ0) is 16.2. The van der Waals surface area contributed by atoms with Crippen LogP contribution in [-0.4, -0.2) is 29.3 Å². The first-order valence-electron chi connectivity index (χ1n) is 6.67. The second-order valence-electron chi connectivity index (χ2n) is 5.83. The van der Waals surface area contributed by atoms with Gasteiger partial charge >= 0.3 is 12.1 Å². The highest BCUT2D eigenvalue weighted by molar-refractivity contribution is 5.86. The monoisotopic (exact) mass is 294 g/mol. The quantitative estimate of drug-likeness (QED) is 0.791. The number of amides is 1. The maximum absolute atomic E-state index is 11.8. The molecule has 0 bridgehead atoms. The van der Waals surface area contributed by atoms with Crippen LogP contribution < -0.4 is 11.1 Å². The maximum atomic E-state index is 11.8. The van der Waals surface area contributed by atoms with Crippen LogP contribution in [0.15, 0.2) is 18.2 Å². The van der Waals surface area contributed by atoms with Gasteiger partial charge in [-0.2, -0.15) is 0 Å². The van der Waals surface area contributed by atoms with Gasteiger partial charge in [-0.3, -0.25) is 10.1 Å². The molecule has 0 saturated carbocycles. The summed E-state index contributed by atoms with van der Waals surface area (Å²) < 4.78 is 5.18. The third-order valence-corrected chi connectivity index (χ3v) is 2.83. The summed E-state index contributed by atoms with van der Waals surface area (Å²) in [7, 11) is 0. The first-order chi connectivity index (χ1) is 9.64. The van der Waals surface area contributed by atoms with Gasteiger partial charge in [0.2, 0.25) is 0 Å². The highest BCUT2D eigenvalue weighted by Crippen LogP contribution is 2.23. The molecule has 0 aliphatic heterocycles. The third kappa shape index (κ3) is 5.07. The highest BCUT2D eigenvalue weighted by atomic mass is 16.6. The van der Waals surface area contributed by atoms with E-state index in [1.807, 2.05) is 6.92 Å². The Kier molecular flexibility index (Phi) is 5.32. The normalized spacial score (nSPS) is 12.6. The zero-order valence-electron chi connectivity index (χ0n) is 12.8. The first kappa shape index (κ1) is 17.0. The van der Waals surface area contributed by atoms with Crippen molar-refractivity contribution in [3.8, 4) is 0 Å². The number of nitrogens with one attached hydrogen (secondary N) is 1. The standard InChI is InChI=1S/C15H22N2O4/c1-9-5-6-10(11(8-16)13(18)19)7-12(9)17-14(20)21-15(2,3)4/h5-7,11H,8,16H2,1-4H3,(H,17,20)(H,18,19). The molecule has 1 aromatic rings. The number of aliphatic carboxylic acids is 1. The minimum atomic E-state index is -0.996. The number of carboxylic acid groups (broad SMARTS) is 1. The van der Waals surface area contributed by atoms with Gasteiger partial charge in [0.15, 0.2) is 0 Å². The Labute approximate surface area is 124 Å². The lowest BCUT2D eigenvalue weighted by Crippen LogP contribution is -2.27. The lowest BCUT2D eigenvalue weighted by Gasteiger charge is -2.20. The number of nitrogens with two attached hydrogens (primary N) is 1. The molecule has 1 atom stereocenters. The summed E-state index contributed by atoms with van der Waals surface area (Å²) in [4.78, 5) is 22.9. The fraction of sp³-hybridized carbons (Fsp3) is 0.467. The van der Waals surface area contributed by atoms with E-state index in [-0.39, 0.29) is 6.54 Å².